The van der Waals surface area contributed by atoms with Gasteiger partial charge in [0.25, 0.3) is 5.91 Å². The smallest absolute Gasteiger partial charge is 0.284 e. The Morgan fingerprint density at radius 3 is 2.78 bits per heavy atom. The Bertz CT molecular complexity index is 772. The molecule has 1 atom stereocenters. The number of likely N-dealkylation sites (tertiary alicyclic amines) is 1. The standard InChI is InChI=1S/C20H27N5O2/c1-22-20(24-13-17-9-10-18(27-17)19(21)26)23-12-16-8-5-11-25(16)14-15-6-3-2-4-7-15/h2-4,6-7,9-10,16H,5,8,11-14H2,1H3,(H2,21,26)(H2,22,23,24). The van der Waals surface area contributed by atoms with Gasteiger partial charge in [0.2, 0.25) is 0 Å². The van der Waals surface area contributed by atoms with Gasteiger partial charge in [0.15, 0.2) is 11.7 Å². The van der Waals surface area contributed by atoms with Crippen LogP contribution in [0.5, 0.6) is 0 Å². The molecule has 4 N–H and O–H groups in total. The zero-order chi connectivity index (χ0) is 19.1. The number of nitrogens with two attached hydrogens (primary N) is 1. The Morgan fingerprint density at radius 1 is 1.26 bits per heavy atom. The van der Waals surface area contributed by atoms with Crippen LogP contribution in [-0.2, 0) is 13.1 Å². The number of carbonyl (C=O) groups excluding carboxylic acids is 1. The fourth-order valence-electron chi connectivity index (χ4n) is 3.36. The summed E-state index contributed by atoms with van der Waals surface area (Å²) in [4.78, 5) is 17.9. The molecular weight excluding hydrogens is 342 g/mol. The molecule has 0 radical (unpaired) electrons. The van der Waals surface area contributed by atoms with Crippen LogP contribution >= 0.6 is 0 Å². The van der Waals surface area contributed by atoms with Gasteiger partial charge in [-0.2, -0.15) is 0 Å². The molecule has 144 valence electrons. The highest BCUT2D eigenvalue weighted by molar-refractivity contribution is 5.89. The van der Waals surface area contributed by atoms with E-state index in [2.05, 4.69) is 44.8 Å². The Balaban J connectivity index is 1.47. The summed E-state index contributed by atoms with van der Waals surface area (Å²) in [5.74, 6) is 0.942. The summed E-state index contributed by atoms with van der Waals surface area (Å²) in [7, 11) is 1.74. The number of guanidine groups is 1. The fourth-order valence-corrected chi connectivity index (χ4v) is 3.36. The van der Waals surface area contributed by atoms with Crippen LogP contribution in [0.15, 0.2) is 51.9 Å². The molecule has 1 aromatic heterocycles. The second-order valence-corrected chi connectivity index (χ2v) is 6.69. The lowest BCUT2D eigenvalue weighted by molar-refractivity contribution is 0.0972. The first-order valence-electron chi connectivity index (χ1n) is 9.26. The van der Waals surface area contributed by atoms with Crippen molar-refractivity contribution in [2.24, 2.45) is 10.7 Å². The van der Waals surface area contributed by atoms with Gasteiger partial charge in [0.05, 0.1) is 6.54 Å². The number of rotatable bonds is 7. The average molecular weight is 369 g/mol. The Morgan fingerprint density at radius 2 is 2.07 bits per heavy atom. The van der Waals surface area contributed by atoms with Gasteiger partial charge in [0.1, 0.15) is 5.76 Å². The summed E-state index contributed by atoms with van der Waals surface area (Å²) in [6, 6.07) is 14.4. The summed E-state index contributed by atoms with van der Waals surface area (Å²) in [6.45, 7) is 3.36. The van der Waals surface area contributed by atoms with Gasteiger partial charge in [0, 0.05) is 26.2 Å². The number of hydrogen-bond donors (Lipinski definition) is 3. The second kappa shape index (κ2) is 9.23. The summed E-state index contributed by atoms with van der Waals surface area (Å²) in [5.41, 5.74) is 6.54. The molecule has 1 fully saturated rings. The van der Waals surface area contributed by atoms with Crippen molar-refractivity contribution < 1.29 is 9.21 Å². The van der Waals surface area contributed by atoms with E-state index in [4.69, 9.17) is 10.2 Å². The quantitative estimate of drug-likeness (QED) is 0.510. The molecule has 7 nitrogen and oxygen atoms in total. The van der Waals surface area contributed by atoms with Crippen LogP contribution in [-0.4, -0.2) is 42.9 Å². The van der Waals surface area contributed by atoms with E-state index in [1.807, 2.05) is 6.07 Å². The second-order valence-electron chi connectivity index (χ2n) is 6.69. The van der Waals surface area contributed by atoms with Gasteiger partial charge >= 0.3 is 0 Å². The predicted octanol–water partition coefficient (Wildman–Crippen LogP) is 1.71. The topological polar surface area (TPSA) is 95.9 Å². The molecule has 0 bridgehead atoms. The summed E-state index contributed by atoms with van der Waals surface area (Å²) in [5, 5.41) is 6.59. The van der Waals surface area contributed by atoms with Crippen molar-refractivity contribution in [3.05, 3.63) is 59.5 Å². The number of carbonyl (C=O) groups is 1. The number of hydrogen-bond acceptors (Lipinski definition) is 4. The average Bonchev–Trinajstić information content (AvgIpc) is 3.32. The van der Waals surface area contributed by atoms with E-state index in [-0.39, 0.29) is 5.76 Å². The molecule has 1 aliphatic heterocycles. The lowest BCUT2D eigenvalue weighted by atomic mass is 10.2. The van der Waals surface area contributed by atoms with Crippen molar-refractivity contribution in [3.63, 3.8) is 0 Å². The highest BCUT2D eigenvalue weighted by atomic mass is 16.3. The molecule has 3 rings (SSSR count). The van der Waals surface area contributed by atoms with E-state index in [0.717, 1.165) is 19.6 Å². The number of nitrogens with one attached hydrogen (secondary N) is 2. The van der Waals surface area contributed by atoms with Crippen molar-refractivity contribution in [2.75, 3.05) is 20.1 Å². The molecule has 2 aromatic rings. The molecule has 1 saturated heterocycles. The van der Waals surface area contributed by atoms with Gasteiger partial charge in [-0.3, -0.25) is 14.7 Å². The predicted molar refractivity (Wildman–Crippen MR) is 105 cm³/mol. The minimum Gasteiger partial charge on any atom is -0.454 e. The van der Waals surface area contributed by atoms with Crippen molar-refractivity contribution in [1.82, 2.24) is 15.5 Å². The molecule has 1 amide bonds. The van der Waals surface area contributed by atoms with E-state index in [1.54, 1.807) is 19.2 Å². The van der Waals surface area contributed by atoms with Crippen LogP contribution in [0.2, 0.25) is 0 Å². The largest absolute Gasteiger partial charge is 0.454 e. The van der Waals surface area contributed by atoms with Crippen LogP contribution in [0.1, 0.15) is 34.7 Å². The van der Waals surface area contributed by atoms with Crippen LogP contribution in [0.25, 0.3) is 0 Å². The van der Waals surface area contributed by atoms with Crippen molar-refractivity contribution in [1.29, 1.82) is 0 Å². The Hall–Kier alpha value is -2.80. The van der Waals surface area contributed by atoms with Gasteiger partial charge in [-0.05, 0) is 37.1 Å². The van der Waals surface area contributed by atoms with Crippen molar-refractivity contribution in [2.45, 2.75) is 32.0 Å². The third-order valence-corrected chi connectivity index (χ3v) is 4.79. The van der Waals surface area contributed by atoms with E-state index in [1.165, 1.54) is 18.4 Å². The van der Waals surface area contributed by atoms with Crippen molar-refractivity contribution in [3.8, 4) is 0 Å². The fraction of sp³-hybridized carbons (Fsp3) is 0.400. The highest BCUT2D eigenvalue weighted by Crippen LogP contribution is 2.19. The number of furan rings is 1. The number of amides is 1. The lowest BCUT2D eigenvalue weighted by Gasteiger charge is -2.25. The molecule has 0 spiro atoms. The maximum absolute atomic E-state index is 11.1. The SMILES string of the molecule is CN=C(NCc1ccc(C(N)=O)o1)NCC1CCCN1Cc1ccccc1. The molecule has 1 aliphatic rings. The first-order chi connectivity index (χ1) is 13.2. The third kappa shape index (κ3) is 5.34. The first-order valence-corrected chi connectivity index (χ1v) is 9.26. The Kier molecular flexibility index (Phi) is 6.49. The van der Waals surface area contributed by atoms with Crippen LogP contribution in [0, 0.1) is 0 Å². The number of aliphatic imine (C=N–C) groups is 1. The molecule has 1 aromatic carbocycles. The highest BCUT2D eigenvalue weighted by Gasteiger charge is 2.24. The maximum atomic E-state index is 11.1. The lowest BCUT2D eigenvalue weighted by Crippen LogP contribution is -2.44. The molecular formula is C20H27N5O2. The van der Waals surface area contributed by atoms with Crippen molar-refractivity contribution >= 4 is 11.9 Å². The van der Waals surface area contributed by atoms with E-state index < -0.39 is 5.91 Å². The number of primary amides is 1. The molecule has 27 heavy (non-hydrogen) atoms. The van der Waals surface area contributed by atoms with Gasteiger partial charge < -0.3 is 20.8 Å². The van der Waals surface area contributed by atoms with E-state index in [0.29, 0.717) is 24.3 Å². The van der Waals surface area contributed by atoms with Gasteiger partial charge in [-0.1, -0.05) is 30.3 Å². The van der Waals surface area contributed by atoms with Gasteiger partial charge in [-0.25, -0.2) is 0 Å². The zero-order valence-electron chi connectivity index (χ0n) is 15.6. The first kappa shape index (κ1) is 19.0. The number of benzene rings is 1. The molecule has 2 heterocycles. The van der Waals surface area contributed by atoms with Crippen LogP contribution in [0.4, 0.5) is 0 Å². The summed E-state index contributed by atoms with van der Waals surface area (Å²) >= 11 is 0. The van der Waals surface area contributed by atoms with Crippen LogP contribution < -0.4 is 16.4 Å². The zero-order valence-corrected chi connectivity index (χ0v) is 15.6. The Labute approximate surface area is 159 Å². The van der Waals surface area contributed by atoms with E-state index in [9.17, 15) is 4.79 Å². The van der Waals surface area contributed by atoms with E-state index >= 15 is 0 Å². The monoisotopic (exact) mass is 369 g/mol. The number of nitrogens with zero attached hydrogens (tertiary/aromatic N) is 2. The summed E-state index contributed by atoms with van der Waals surface area (Å²) < 4.78 is 5.37. The molecule has 1 unspecified atom stereocenters. The molecule has 0 aliphatic carbocycles. The molecule has 0 saturated carbocycles. The van der Waals surface area contributed by atoms with Gasteiger partial charge in [-0.15, -0.1) is 0 Å². The minimum atomic E-state index is -0.566. The minimum absolute atomic E-state index is 0.164. The van der Waals surface area contributed by atoms with Crippen LogP contribution in [0.3, 0.4) is 0 Å². The third-order valence-electron chi connectivity index (χ3n) is 4.79. The normalized spacial score (nSPS) is 17.8. The molecule has 7 heteroatoms. The summed E-state index contributed by atoms with van der Waals surface area (Å²) in [6.07, 6.45) is 2.39. The maximum Gasteiger partial charge on any atom is 0.284 e.